The molecule has 0 aromatic heterocycles. The molecule has 1 aliphatic rings. The van der Waals surface area contributed by atoms with Crippen LogP contribution in [0.2, 0.25) is 5.02 Å². The number of rotatable bonds is 10. The number of sulfonamides is 1. The molecule has 218 valence electrons. The van der Waals surface area contributed by atoms with Gasteiger partial charge in [-0.2, -0.15) is 0 Å². The molecule has 0 radical (unpaired) electrons. The van der Waals surface area contributed by atoms with Gasteiger partial charge in [-0.25, -0.2) is 8.42 Å². The van der Waals surface area contributed by atoms with Gasteiger partial charge in [0.25, 0.3) is 10.0 Å². The van der Waals surface area contributed by atoms with Gasteiger partial charge in [0.15, 0.2) is 0 Å². The third-order valence-corrected chi connectivity index (χ3v) is 10.2. The third-order valence-electron chi connectivity index (χ3n) is 7.50. The minimum atomic E-state index is -4.15. The van der Waals surface area contributed by atoms with Crippen molar-refractivity contribution in [3.63, 3.8) is 0 Å². The van der Waals surface area contributed by atoms with E-state index in [0.29, 0.717) is 16.3 Å². The van der Waals surface area contributed by atoms with Crippen molar-refractivity contribution in [2.45, 2.75) is 69.5 Å². The Kier molecular flexibility index (Phi) is 10.5. The van der Waals surface area contributed by atoms with E-state index in [-0.39, 0.29) is 23.4 Å². The topological polar surface area (TPSA) is 86.8 Å². The number of carbonyl (C=O) groups is 2. The lowest BCUT2D eigenvalue weighted by atomic mass is 9.95. The lowest BCUT2D eigenvalue weighted by Gasteiger charge is -2.33. The van der Waals surface area contributed by atoms with E-state index < -0.39 is 28.5 Å². The Morgan fingerprint density at radius 3 is 2.29 bits per heavy atom. The predicted octanol–water partition coefficient (Wildman–Crippen LogP) is 6.47. The van der Waals surface area contributed by atoms with Gasteiger partial charge in [0, 0.05) is 22.1 Å². The maximum Gasteiger partial charge on any atom is 0.264 e. The molecule has 3 aromatic carbocycles. The van der Waals surface area contributed by atoms with Crippen LogP contribution in [0, 0.1) is 6.92 Å². The zero-order valence-corrected chi connectivity index (χ0v) is 26.4. The number of nitrogens with zero attached hydrogens (tertiary/aromatic N) is 2. The Balaban J connectivity index is 1.69. The van der Waals surface area contributed by atoms with Crippen LogP contribution in [0.3, 0.4) is 0 Å². The maximum atomic E-state index is 14.1. The molecule has 1 saturated carbocycles. The first-order valence-electron chi connectivity index (χ1n) is 13.7. The molecule has 0 spiro atoms. The maximum absolute atomic E-state index is 14.1. The number of hydrogen-bond donors (Lipinski definition) is 1. The highest BCUT2D eigenvalue weighted by molar-refractivity contribution is 9.10. The fourth-order valence-corrected chi connectivity index (χ4v) is 6.96. The minimum absolute atomic E-state index is 0.0507. The zero-order valence-electron chi connectivity index (χ0n) is 23.2. The van der Waals surface area contributed by atoms with Crippen LogP contribution in [0.15, 0.2) is 82.2 Å². The van der Waals surface area contributed by atoms with Crippen LogP contribution in [0.25, 0.3) is 0 Å². The lowest BCUT2D eigenvalue weighted by Crippen LogP contribution is -2.53. The summed E-state index contributed by atoms with van der Waals surface area (Å²) in [6.45, 7) is 3.04. The lowest BCUT2D eigenvalue weighted by molar-refractivity contribution is -0.139. The Morgan fingerprint density at radius 1 is 0.976 bits per heavy atom. The quantitative estimate of drug-likeness (QED) is 0.270. The molecule has 7 nitrogen and oxygen atoms in total. The number of benzene rings is 3. The van der Waals surface area contributed by atoms with Crippen LogP contribution in [0.4, 0.5) is 5.69 Å². The monoisotopic (exact) mass is 659 g/mol. The van der Waals surface area contributed by atoms with Crippen molar-refractivity contribution in [2.24, 2.45) is 0 Å². The summed E-state index contributed by atoms with van der Waals surface area (Å²) in [5, 5.41) is 3.50. The first kappa shape index (κ1) is 31.1. The molecule has 4 rings (SSSR count). The van der Waals surface area contributed by atoms with Crippen LogP contribution in [-0.2, 0) is 26.2 Å². The first-order chi connectivity index (χ1) is 19.6. The van der Waals surface area contributed by atoms with Gasteiger partial charge in [-0.15, -0.1) is 0 Å². The van der Waals surface area contributed by atoms with Crippen molar-refractivity contribution < 1.29 is 18.0 Å². The number of amides is 2. The largest absolute Gasteiger partial charge is 0.352 e. The average Bonchev–Trinajstić information content (AvgIpc) is 2.97. The highest BCUT2D eigenvalue weighted by Crippen LogP contribution is 2.31. The number of carbonyl (C=O) groups excluding carboxylic acids is 2. The van der Waals surface area contributed by atoms with E-state index in [1.807, 2.05) is 24.3 Å². The second kappa shape index (κ2) is 13.9. The smallest absolute Gasteiger partial charge is 0.264 e. The fourth-order valence-electron chi connectivity index (χ4n) is 5.04. The molecule has 1 unspecified atom stereocenters. The van der Waals surface area contributed by atoms with Crippen molar-refractivity contribution in [3.05, 3.63) is 93.4 Å². The van der Waals surface area contributed by atoms with E-state index in [0.717, 1.165) is 46.4 Å². The summed E-state index contributed by atoms with van der Waals surface area (Å²) in [6.07, 6.45) is 5.11. The summed E-state index contributed by atoms with van der Waals surface area (Å²) in [5.41, 5.74) is 1.65. The summed E-state index contributed by atoms with van der Waals surface area (Å²) in [6, 6.07) is 19.7. The normalized spacial score (nSPS) is 14.7. The second-order valence-corrected chi connectivity index (χ2v) is 13.6. The van der Waals surface area contributed by atoms with E-state index in [1.54, 1.807) is 50.2 Å². The van der Waals surface area contributed by atoms with Crippen molar-refractivity contribution in [1.29, 1.82) is 0 Å². The molecule has 10 heteroatoms. The molecular formula is C31H35BrClN3O4S. The Hall–Kier alpha value is -2.88. The molecule has 0 aliphatic heterocycles. The van der Waals surface area contributed by atoms with Crippen LogP contribution < -0.4 is 9.62 Å². The van der Waals surface area contributed by atoms with Gasteiger partial charge in [0.1, 0.15) is 12.6 Å². The van der Waals surface area contributed by atoms with Gasteiger partial charge >= 0.3 is 0 Å². The van der Waals surface area contributed by atoms with Gasteiger partial charge in [-0.3, -0.25) is 13.9 Å². The summed E-state index contributed by atoms with van der Waals surface area (Å²) in [7, 11) is -4.15. The van der Waals surface area contributed by atoms with Crippen molar-refractivity contribution in [1.82, 2.24) is 10.2 Å². The van der Waals surface area contributed by atoms with Gasteiger partial charge in [-0.05, 0) is 74.2 Å². The highest BCUT2D eigenvalue weighted by Gasteiger charge is 2.34. The Bertz CT molecular complexity index is 1460. The zero-order chi connectivity index (χ0) is 29.6. The number of hydrogen-bond acceptors (Lipinski definition) is 4. The minimum Gasteiger partial charge on any atom is -0.352 e. The van der Waals surface area contributed by atoms with Gasteiger partial charge in [0.2, 0.25) is 11.8 Å². The van der Waals surface area contributed by atoms with Crippen molar-refractivity contribution >= 4 is 55.1 Å². The molecule has 0 saturated heterocycles. The van der Waals surface area contributed by atoms with Crippen LogP contribution in [-0.4, -0.2) is 43.8 Å². The summed E-state index contributed by atoms with van der Waals surface area (Å²) in [4.78, 5) is 29.0. The SMILES string of the molecule is Cc1c(Cl)cccc1N(CC(=O)N(Cc1ccc(Br)cc1)C(C)C(=O)NC1CCCCC1)S(=O)(=O)c1ccccc1. The molecule has 3 aromatic rings. The molecule has 2 amide bonds. The molecule has 0 bridgehead atoms. The number of anilines is 1. The highest BCUT2D eigenvalue weighted by atomic mass is 79.9. The second-order valence-electron chi connectivity index (χ2n) is 10.4. The molecule has 1 fully saturated rings. The van der Waals surface area contributed by atoms with E-state index in [4.69, 9.17) is 11.6 Å². The van der Waals surface area contributed by atoms with Crippen LogP contribution >= 0.6 is 27.5 Å². The molecular weight excluding hydrogens is 626 g/mol. The molecule has 1 aliphatic carbocycles. The Labute approximate surface area is 256 Å². The van der Waals surface area contributed by atoms with E-state index in [2.05, 4.69) is 21.2 Å². The number of nitrogens with one attached hydrogen (secondary N) is 1. The predicted molar refractivity (Wildman–Crippen MR) is 166 cm³/mol. The fraction of sp³-hybridized carbons (Fsp3) is 0.355. The number of halogens is 2. The van der Waals surface area contributed by atoms with E-state index in [9.17, 15) is 18.0 Å². The van der Waals surface area contributed by atoms with Crippen molar-refractivity contribution in [2.75, 3.05) is 10.8 Å². The summed E-state index contributed by atoms with van der Waals surface area (Å²) in [5.74, 6) is -0.753. The van der Waals surface area contributed by atoms with Gasteiger partial charge in [0.05, 0.1) is 10.6 Å². The molecule has 41 heavy (non-hydrogen) atoms. The molecule has 1 N–H and O–H groups in total. The average molecular weight is 661 g/mol. The Morgan fingerprint density at radius 2 is 1.63 bits per heavy atom. The summed E-state index contributed by atoms with van der Waals surface area (Å²) < 4.78 is 29.9. The van der Waals surface area contributed by atoms with Gasteiger partial charge in [-0.1, -0.05) is 83.2 Å². The van der Waals surface area contributed by atoms with Crippen molar-refractivity contribution in [3.8, 4) is 0 Å². The third kappa shape index (κ3) is 7.70. The van der Waals surface area contributed by atoms with Crippen LogP contribution in [0.1, 0.15) is 50.2 Å². The molecule has 1 atom stereocenters. The standard InChI is InChI=1S/C31H35BrClN3O4S/c1-22-28(33)14-9-15-29(22)36(41(39,40)27-12-7-4-8-13-27)21-30(37)35(20-24-16-18-25(32)19-17-24)23(2)31(38)34-26-10-5-3-6-11-26/h4,7-9,12-19,23,26H,3,5-6,10-11,20-21H2,1-2H3,(H,34,38). The first-order valence-corrected chi connectivity index (χ1v) is 16.4. The van der Waals surface area contributed by atoms with Crippen LogP contribution in [0.5, 0.6) is 0 Å². The molecule has 0 heterocycles. The van der Waals surface area contributed by atoms with Gasteiger partial charge < -0.3 is 10.2 Å². The summed E-state index contributed by atoms with van der Waals surface area (Å²) >= 11 is 9.82. The van der Waals surface area contributed by atoms with E-state index >= 15 is 0 Å². The van der Waals surface area contributed by atoms with E-state index in [1.165, 1.54) is 17.0 Å².